The number of hydrogen-bond acceptors (Lipinski definition) is 5. The quantitative estimate of drug-likeness (QED) is 0.862. The fourth-order valence-corrected chi connectivity index (χ4v) is 2.12. The molecule has 2 unspecified atom stereocenters. The molecular formula is C14H13F2NO5. The zero-order chi connectivity index (χ0) is 15.9. The third-order valence-electron chi connectivity index (χ3n) is 3.44. The first-order valence-corrected chi connectivity index (χ1v) is 6.70. The molecule has 1 aromatic rings. The molecule has 1 heterocycles. The van der Waals surface area contributed by atoms with Gasteiger partial charge in [0.1, 0.15) is 0 Å². The summed E-state index contributed by atoms with van der Waals surface area (Å²) in [6.07, 6.45) is -2.93. The van der Waals surface area contributed by atoms with Gasteiger partial charge in [0.15, 0.2) is 18.1 Å². The summed E-state index contributed by atoms with van der Waals surface area (Å²) in [6, 6.07) is 3.84. The molecule has 118 valence electrons. The maximum atomic E-state index is 12.9. The number of esters is 1. The number of alkyl halides is 2. The summed E-state index contributed by atoms with van der Waals surface area (Å²) in [7, 11) is 0. The monoisotopic (exact) mass is 313 g/mol. The lowest BCUT2D eigenvalue weighted by molar-refractivity contribution is -0.286. The Morgan fingerprint density at radius 2 is 2.05 bits per heavy atom. The number of halogens is 2. The van der Waals surface area contributed by atoms with E-state index in [1.165, 1.54) is 18.2 Å². The van der Waals surface area contributed by atoms with Crippen LogP contribution in [0.2, 0.25) is 0 Å². The predicted octanol–water partition coefficient (Wildman–Crippen LogP) is 2.15. The fourth-order valence-electron chi connectivity index (χ4n) is 2.12. The largest absolute Gasteiger partial charge is 0.586 e. The summed E-state index contributed by atoms with van der Waals surface area (Å²) in [5.41, 5.74) is 0.237. The van der Waals surface area contributed by atoms with Crippen molar-refractivity contribution < 1.29 is 32.6 Å². The van der Waals surface area contributed by atoms with Gasteiger partial charge in [0, 0.05) is 11.8 Å². The van der Waals surface area contributed by atoms with Crippen molar-refractivity contribution in [3.05, 3.63) is 18.2 Å². The van der Waals surface area contributed by atoms with Crippen LogP contribution in [0.3, 0.4) is 0 Å². The SMILES string of the molecule is CC1CC1C(=O)OCC(=O)Nc1ccc2c(c1)OC(F)(F)O2. The first-order chi connectivity index (χ1) is 10.3. The molecule has 22 heavy (non-hydrogen) atoms. The average molecular weight is 313 g/mol. The molecule has 0 spiro atoms. The highest BCUT2D eigenvalue weighted by Crippen LogP contribution is 2.42. The molecule has 0 saturated heterocycles. The zero-order valence-corrected chi connectivity index (χ0v) is 11.6. The second-order valence-electron chi connectivity index (χ2n) is 5.30. The molecule has 3 rings (SSSR count). The molecule has 1 saturated carbocycles. The van der Waals surface area contributed by atoms with Crippen LogP contribution in [0.4, 0.5) is 14.5 Å². The molecule has 1 aliphatic carbocycles. The van der Waals surface area contributed by atoms with Crippen LogP contribution in [0.1, 0.15) is 13.3 Å². The van der Waals surface area contributed by atoms with Crippen molar-refractivity contribution in [3.8, 4) is 11.5 Å². The van der Waals surface area contributed by atoms with Gasteiger partial charge in [-0.25, -0.2) is 0 Å². The van der Waals surface area contributed by atoms with Crippen molar-refractivity contribution in [2.45, 2.75) is 19.6 Å². The molecule has 1 amide bonds. The Balaban J connectivity index is 1.53. The Labute approximate surface area is 124 Å². The maximum Gasteiger partial charge on any atom is 0.586 e. The van der Waals surface area contributed by atoms with Crippen LogP contribution < -0.4 is 14.8 Å². The van der Waals surface area contributed by atoms with Gasteiger partial charge >= 0.3 is 12.3 Å². The predicted molar refractivity (Wildman–Crippen MR) is 69.5 cm³/mol. The van der Waals surface area contributed by atoms with E-state index in [4.69, 9.17) is 4.74 Å². The third-order valence-corrected chi connectivity index (χ3v) is 3.44. The fraction of sp³-hybridized carbons (Fsp3) is 0.429. The van der Waals surface area contributed by atoms with Gasteiger partial charge in [-0.3, -0.25) is 9.59 Å². The second kappa shape index (κ2) is 5.11. The minimum absolute atomic E-state index is 0.114. The highest BCUT2D eigenvalue weighted by atomic mass is 19.3. The van der Waals surface area contributed by atoms with Crippen molar-refractivity contribution >= 4 is 17.6 Å². The molecule has 2 atom stereocenters. The lowest BCUT2D eigenvalue weighted by atomic mass is 10.3. The molecule has 6 nitrogen and oxygen atoms in total. The first-order valence-electron chi connectivity index (χ1n) is 6.70. The van der Waals surface area contributed by atoms with Crippen molar-refractivity contribution in [3.63, 3.8) is 0 Å². The number of anilines is 1. The number of rotatable bonds is 4. The standard InChI is InChI=1S/C14H13F2NO5/c1-7-4-9(7)13(19)20-6-12(18)17-8-2-3-10-11(5-8)22-14(15,16)21-10/h2-3,5,7,9H,4,6H2,1H3,(H,17,18). The van der Waals surface area contributed by atoms with E-state index in [0.29, 0.717) is 5.92 Å². The Hall–Kier alpha value is -2.38. The van der Waals surface area contributed by atoms with Crippen LogP contribution in [0.5, 0.6) is 11.5 Å². The van der Waals surface area contributed by atoms with Crippen LogP contribution >= 0.6 is 0 Å². The van der Waals surface area contributed by atoms with Crippen LogP contribution in [-0.4, -0.2) is 24.8 Å². The van der Waals surface area contributed by atoms with E-state index in [2.05, 4.69) is 14.8 Å². The average Bonchev–Trinajstić information content (AvgIpc) is 3.07. The highest BCUT2D eigenvalue weighted by Gasteiger charge is 2.43. The van der Waals surface area contributed by atoms with Gasteiger partial charge in [-0.15, -0.1) is 8.78 Å². The smallest absolute Gasteiger partial charge is 0.455 e. The summed E-state index contributed by atoms with van der Waals surface area (Å²) in [4.78, 5) is 23.1. The lowest BCUT2D eigenvalue weighted by Crippen LogP contribution is -2.25. The highest BCUT2D eigenvalue weighted by molar-refractivity contribution is 5.93. The van der Waals surface area contributed by atoms with E-state index in [9.17, 15) is 18.4 Å². The molecule has 2 aliphatic rings. The van der Waals surface area contributed by atoms with Crippen molar-refractivity contribution in [2.24, 2.45) is 11.8 Å². The van der Waals surface area contributed by atoms with Crippen LogP contribution in [-0.2, 0) is 14.3 Å². The first kappa shape index (κ1) is 14.6. The number of nitrogens with one attached hydrogen (secondary N) is 1. The van der Waals surface area contributed by atoms with Gasteiger partial charge in [-0.1, -0.05) is 6.92 Å². The van der Waals surface area contributed by atoms with Crippen LogP contribution in [0, 0.1) is 11.8 Å². The maximum absolute atomic E-state index is 12.9. The number of amides is 1. The molecule has 1 aromatic carbocycles. The molecule has 0 aromatic heterocycles. The number of benzene rings is 1. The lowest BCUT2D eigenvalue weighted by Gasteiger charge is -2.07. The Morgan fingerprint density at radius 1 is 1.36 bits per heavy atom. The molecular weight excluding hydrogens is 300 g/mol. The summed E-state index contributed by atoms with van der Waals surface area (Å²) < 4.78 is 39.1. The summed E-state index contributed by atoms with van der Waals surface area (Å²) in [5, 5.41) is 2.43. The van der Waals surface area contributed by atoms with Gasteiger partial charge in [-0.2, -0.15) is 0 Å². The minimum atomic E-state index is -3.71. The molecule has 1 aliphatic heterocycles. The van der Waals surface area contributed by atoms with Gasteiger partial charge < -0.3 is 19.5 Å². The Morgan fingerprint density at radius 3 is 2.73 bits per heavy atom. The van der Waals surface area contributed by atoms with E-state index in [1.54, 1.807) is 0 Å². The molecule has 0 bridgehead atoms. The number of carbonyl (C=O) groups excluding carboxylic acids is 2. The van der Waals surface area contributed by atoms with Crippen molar-refractivity contribution in [2.75, 3.05) is 11.9 Å². The van der Waals surface area contributed by atoms with Crippen LogP contribution in [0.15, 0.2) is 18.2 Å². The number of hydrogen-bond donors (Lipinski definition) is 1. The van der Waals surface area contributed by atoms with Gasteiger partial charge in [0.2, 0.25) is 0 Å². The van der Waals surface area contributed by atoms with E-state index in [-0.39, 0.29) is 23.1 Å². The minimum Gasteiger partial charge on any atom is -0.455 e. The molecule has 1 N–H and O–H groups in total. The summed E-state index contributed by atoms with van der Waals surface area (Å²) in [5.74, 6) is -1.07. The molecule has 8 heteroatoms. The van der Waals surface area contributed by atoms with Crippen LogP contribution in [0.25, 0.3) is 0 Å². The topological polar surface area (TPSA) is 73.9 Å². The number of carbonyl (C=O) groups is 2. The summed E-state index contributed by atoms with van der Waals surface area (Å²) >= 11 is 0. The van der Waals surface area contributed by atoms with Gasteiger partial charge in [-0.05, 0) is 24.5 Å². The molecule has 1 fully saturated rings. The normalized spacial score (nSPS) is 23.8. The summed E-state index contributed by atoms with van der Waals surface area (Å²) in [6.45, 7) is 1.50. The van der Waals surface area contributed by atoms with E-state index in [0.717, 1.165) is 6.42 Å². The van der Waals surface area contributed by atoms with E-state index in [1.807, 2.05) is 6.92 Å². The van der Waals surface area contributed by atoms with Gasteiger partial charge in [0.05, 0.1) is 5.92 Å². The van der Waals surface area contributed by atoms with Gasteiger partial charge in [0.25, 0.3) is 5.91 Å². The van der Waals surface area contributed by atoms with Crippen molar-refractivity contribution in [1.82, 2.24) is 0 Å². The van der Waals surface area contributed by atoms with Crippen molar-refractivity contribution in [1.29, 1.82) is 0 Å². The second-order valence-corrected chi connectivity index (χ2v) is 5.30. The third kappa shape index (κ3) is 3.10. The zero-order valence-electron chi connectivity index (χ0n) is 11.6. The number of ether oxygens (including phenoxy) is 3. The number of fused-ring (bicyclic) bond motifs is 1. The molecule has 0 radical (unpaired) electrons. The van der Waals surface area contributed by atoms with E-state index < -0.39 is 24.8 Å². The Kier molecular flexibility index (Phi) is 3.38. The Bertz CT molecular complexity index is 634. The van der Waals surface area contributed by atoms with E-state index >= 15 is 0 Å².